The molecular formula is C22H33N3O2. The van der Waals surface area contributed by atoms with E-state index in [1.165, 1.54) is 11.1 Å². The van der Waals surface area contributed by atoms with E-state index in [9.17, 15) is 4.79 Å². The molecule has 1 aromatic carbocycles. The molecule has 1 aromatic rings. The second kappa shape index (κ2) is 7.90. The van der Waals surface area contributed by atoms with E-state index in [2.05, 4.69) is 41.1 Å². The zero-order valence-corrected chi connectivity index (χ0v) is 16.8. The van der Waals surface area contributed by atoms with E-state index in [1.54, 1.807) is 7.11 Å². The van der Waals surface area contributed by atoms with Gasteiger partial charge < -0.3 is 9.64 Å². The Hall–Kier alpha value is -1.43. The monoisotopic (exact) mass is 371 g/mol. The Balaban J connectivity index is 1.36. The summed E-state index contributed by atoms with van der Waals surface area (Å²) < 4.78 is 5.42. The molecule has 0 atom stereocenters. The number of hydrogen-bond acceptors (Lipinski definition) is 4. The van der Waals surface area contributed by atoms with Crippen molar-refractivity contribution in [2.45, 2.75) is 43.7 Å². The number of likely N-dealkylation sites (N-methyl/N-ethyl adjacent to an activating group) is 1. The van der Waals surface area contributed by atoms with Crippen molar-refractivity contribution in [1.82, 2.24) is 14.7 Å². The van der Waals surface area contributed by atoms with Crippen LogP contribution in [0.15, 0.2) is 24.3 Å². The highest BCUT2D eigenvalue weighted by Crippen LogP contribution is 2.42. The molecule has 2 saturated heterocycles. The molecule has 148 valence electrons. The summed E-state index contributed by atoms with van der Waals surface area (Å²) in [6.45, 7) is 5.37. The number of likely N-dealkylation sites (tertiary alicyclic amines) is 2. The molecule has 0 aromatic heterocycles. The minimum absolute atomic E-state index is 0.158. The van der Waals surface area contributed by atoms with Crippen LogP contribution in [-0.2, 0) is 21.5 Å². The van der Waals surface area contributed by atoms with Crippen molar-refractivity contribution in [2.24, 2.45) is 0 Å². The van der Waals surface area contributed by atoms with Crippen molar-refractivity contribution < 1.29 is 9.53 Å². The van der Waals surface area contributed by atoms with Gasteiger partial charge in [-0.3, -0.25) is 14.6 Å². The third kappa shape index (κ3) is 3.65. The molecule has 3 aliphatic heterocycles. The summed E-state index contributed by atoms with van der Waals surface area (Å²) in [5.41, 5.74) is 3.19. The Morgan fingerprint density at radius 1 is 1.11 bits per heavy atom. The van der Waals surface area contributed by atoms with Crippen LogP contribution in [0.3, 0.4) is 0 Å². The van der Waals surface area contributed by atoms with Gasteiger partial charge in [0.15, 0.2) is 0 Å². The Morgan fingerprint density at radius 3 is 2.52 bits per heavy atom. The maximum atomic E-state index is 12.7. The molecule has 3 aliphatic rings. The Labute approximate surface area is 163 Å². The highest BCUT2D eigenvalue weighted by atomic mass is 16.5. The first-order valence-electron chi connectivity index (χ1n) is 10.4. The normalized spacial score (nSPS) is 24.1. The average Bonchev–Trinajstić information content (AvgIpc) is 2.72. The maximum absolute atomic E-state index is 12.7. The molecule has 3 heterocycles. The zero-order chi connectivity index (χ0) is 18.9. The van der Waals surface area contributed by atoms with Crippen LogP contribution in [0.25, 0.3) is 0 Å². The predicted molar refractivity (Wildman–Crippen MR) is 107 cm³/mol. The maximum Gasteiger partial charge on any atom is 0.236 e. The van der Waals surface area contributed by atoms with Crippen molar-refractivity contribution in [3.05, 3.63) is 35.4 Å². The van der Waals surface area contributed by atoms with Gasteiger partial charge in [-0.1, -0.05) is 24.3 Å². The minimum atomic E-state index is 0.158. The smallest absolute Gasteiger partial charge is 0.236 e. The van der Waals surface area contributed by atoms with Gasteiger partial charge in [-0.15, -0.1) is 0 Å². The number of nitrogens with zero attached hydrogens (tertiary/aromatic N) is 3. The highest BCUT2D eigenvalue weighted by Gasteiger charge is 2.43. The van der Waals surface area contributed by atoms with E-state index in [-0.39, 0.29) is 11.4 Å². The summed E-state index contributed by atoms with van der Waals surface area (Å²) in [6.07, 6.45) is 5.62. The molecule has 0 bridgehead atoms. The van der Waals surface area contributed by atoms with Gasteiger partial charge in [0.05, 0.1) is 12.6 Å². The number of piperidine rings is 2. The van der Waals surface area contributed by atoms with Crippen molar-refractivity contribution in [3.8, 4) is 0 Å². The first kappa shape index (κ1) is 18.9. The number of methoxy groups -OCH3 is 1. The molecule has 0 saturated carbocycles. The van der Waals surface area contributed by atoms with Crippen LogP contribution in [0.5, 0.6) is 0 Å². The number of amides is 1. The Morgan fingerprint density at radius 2 is 1.81 bits per heavy atom. The van der Waals surface area contributed by atoms with Crippen LogP contribution in [0.4, 0.5) is 0 Å². The van der Waals surface area contributed by atoms with Gasteiger partial charge in [-0.25, -0.2) is 0 Å². The number of hydrogen-bond donors (Lipinski definition) is 0. The second-order valence-corrected chi connectivity index (χ2v) is 8.45. The molecule has 5 heteroatoms. The van der Waals surface area contributed by atoms with E-state index in [1.807, 2.05) is 4.90 Å². The minimum Gasteiger partial charge on any atom is -0.381 e. The largest absolute Gasteiger partial charge is 0.381 e. The van der Waals surface area contributed by atoms with Crippen LogP contribution < -0.4 is 0 Å². The number of benzene rings is 1. The van der Waals surface area contributed by atoms with Gasteiger partial charge in [-0.2, -0.15) is 0 Å². The summed E-state index contributed by atoms with van der Waals surface area (Å²) in [6, 6.07) is 8.97. The highest BCUT2D eigenvalue weighted by molar-refractivity contribution is 5.78. The SMILES string of the molecule is COC1CCN(C(=O)CN2CCC3(CC2)c2ccccc2CCN3C)CC1. The van der Waals surface area contributed by atoms with Crippen LogP contribution in [-0.4, -0.2) is 80.1 Å². The lowest BCUT2D eigenvalue weighted by Gasteiger charge is -2.51. The molecule has 0 N–H and O–H groups in total. The number of rotatable bonds is 3. The number of carbonyl (C=O) groups is 1. The third-order valence-corrected chi connectivity index (χ3v) is 7.14. The fourth-order valence-corrected chi connectivity index (χ4v) is 5.26. The fraction of sp³-hybridized carbons (Fsp3) is 0.682. The zero-order valence-electron chi connectivity index (χ0n) is 16.8. The third-order valence-electron chi connectivity index (χ3n) is 7.14. The van der Waals surface area contributed by atoms with Gasteiger partial charge >= 0.3 is 0 Å². The van der Waals surface area contributed by atoms with E-state index in [0.29, 0.717) is 12.6 Å². The van der Waals surface area contributed by atoms with Crippen molar-refractivity contribution >= 4 is 5.91 Å². The molecule has 0 aliphatic carbocycles. The van der Waals surface area contributed by atoms with E-state index < -0.39 is 0 Å². The van der Waals surface area contributed by atoms with E-state index in [0.717, 1.165) is 64.8 Å². The second-order valence-electron chi connectivity index (χ2n) is 8.45. The summed E-state index contributed by atoms with van der Waals surface area (Å²) in [5.74, 6) is 0.290. The lowest BCUT2D eigenvalue weighted by molar-refractivity contribution is -0.135. The van der Waals surface area contributed by atoms with Crippen LogP contribution in [0.2, 0.25) is 0 Å². The number of fused-ring (bicyclic) bond motifs is 2. The quantitative estimate of drug-likeness (QED) is 0.815. The van der Waals surface area contributed by atoms with Crippen molar-refractivity contribution in [3.63, 3.8) is 0 Å². The summed E-state index contributed by atoms with van der Waals surface area (Å²) in [7, 11) is 4.04. The lowest BCUT2D eigenvalue weighted by atomic mass is 9.74. The van der Waals surface area contributed by atoms with Crippen molar-refractivity contribution in [2.75, 3.05) is 53.4 Å². The van der Waals surface area contributed by atoms with Gasteiger partial charge in [0, 0.05) is 45.4 Å². The lowest BCUT2D eigenvalue weighted by Crippen LogP contribution is -2.56. The van der Waals surface area contributed by atoms with E-state index >= 15 is 0 Å². The summed E-state index contributed by atoms with van der Waals surface area (Å²) in [4.78, 5) is 19.7. The number of carbonyl (C=O) groups excluding carboxylic acids is 1. The average molecular weight is 372 g/mol. The first-order valence-corrected chi connectivity index (χ1v) is 10.4. The van der Waals surface area contributed by atoms with Gasteiger partial charge in [0.2, 0.25) is 5.91 Å². The molecule has 1 amide bonds. The molecule has 2 fully saturated rings. The molecule has 5 nitrogen and oxygen atoms in total. The molecule has 0 radical (unpaired) electrons. The topological polar surface area (TPSA) is 36.0 Å². The van der Waals surface area contributed by atoms with Crippen molar-refractivity contribution in [1.29, 1.82) is 0 Å². The predicted octanol–water partition coefficient (Wildman–Crippen LogP) is 2.10. The van der Waals surface area contributed by atoms with Gasteiger partial charge in [0.25, 0.3) is 0 Å². The standard InChI is InChI=1S/C22H33N3O2/c1-23-12-7-18-5-3-4-6-20(18)22(23)10-15-24(16-11-22)17-21(26)25-13-8-19(27-2)9-14-25/h3-6,19H,7-17H2,1-2H3. The summed E-state index contributed by atoms with van der Waals surface area (Å²) in [5, 5.41) is 0. The Kier molecular flexibility index (Phi) is 5.53. The Bertz CT molecular complexity index is 661. The van der Waals surface area contributed by atoms with Crippen LogP contribution in [0.1, 0.15) is 36.8 Å². The first-order chi connectivity index (χ1) is 13.1. The molecule has 0 unspecified atom stereocenters. The van der Waals surface area contributed by atoms with Gasteiger partial charge in [0.1, 0.15) is 0 Å². The summed E-state index contributed by atoms with van der Waals surface area (Å²) >= 11 is 0. The molecular weight excluding hydrogens is 338 g/mol. The molecule has 27 heavy (non-hydrogen) atoms. The number of ether oxygens (including phenoxy) is 1. The van der Waals surface area contributed by atoms with Crippen LogP contribution in [0, 0.1) is 0 Å². The van der Waals surface area contributed by atoms with E-state index in [4.69, 9.17) is 4.74 Å². The van der Waals surface area contributed by atoms with Gasteiger partial charge in [-0.05, 0) is 50.3 Å². The fourth-order valence-electron chi connectivity index (χ4n) is 5.26. The van der Waals surface area contributed by atoms with Crippen LogP contribution >= 0.6 is 0 Å². The molecule has 1 spiro atoms. The molecule has 4 rings (SSSR count).